The lowest BCUT2D eigenvalue weighted by atomic mass is 9.96. The van der Waals surface area contributed by atoms with Gasteiger partial charge in [0, 0.05) is 19.5 Å². The third kappa shape index (κ3) is 3.23. The smallest absolute Gasteiger partial charge is 0.224 e. The van der Waals surface area contributed by atoms with E-state index in [9.17, 15) is 10.1 Å². The maximum absolute atomic E-state index is 12.1. The SMILES string of the molecule is COc1ccc(C(C#N)CC(=O)N2CCCC2)cc1Cl. The number of carbonyl (C=O) groups excluding carboxylic acids is 1. The minimum atomic E-state index is -0.466. The van der Waals surface area contributed by atoms with Crippen LogP contribution in [0.5, 0.6) is 5.75 Å². The van der Waals surface area contributed by atoms with Gasteiger partial charge in [-0.25, -0.2) is 0 Å². The molecule has 4 nitrogen and oxygen atoms in total. The summed E-state index contributed by atoms with van der Waals surface area (Å²) in [6.45, 7) is 1.61. The molecule has 1 heterocycles. The first kappa shape index (κ1) is 14.7. The van der Waals surface area contributed by atoms with Gasteiger partial charge in [-0.05, 0) is 30.5 Å². The van der Waals surface area contributed by atoms with E-state index in [0.717, 1.165) is 31.5 Å². The maximum atomic E-state index is 12.1. The molecule has 0 aromatic heterocycles. The van der Waals surface area contributed by atoms with Gasteiger partial charge in [-0.1, -0.05) is 17.7 Å². The molecular formula is C15H17ClN2O2. The molecule has 0 aliphatic carbocycles. The van der Waals surface area contributed by atoms with Crippen LogP contribution in [0.4, 0.5) is 0 Å². The lowest BCUT2D eigenvalue weighted by Gasteiger charge is -2.17. The van der Waals surface area contributed by atoms with E-state index in [1.54, 1.807) is 25.3 Å². The lowest BCUT2D eigenvalue weighted by molar-refractivity contribution is -0.130. The first-order valence-electron chi connectivity index (χ1n) is 6.66. The molecule has 2 rings (SSSR count). The Morgan fingerprint density at radius 3 is 2.75 bits per heavy atom. The van der Waals surface area contributed by atoms with Crippen molar-refractivity contribution < 1.29 is 9.53 Å². The van der Waals surface area contributed by atoms with Crippen LogP contribution in [0.25, 0.3) is 0 Å². The van der Waals surface area contributed by atoms with Crippen LogP contribution in [0, 0.1) is 11.3 Å². The van der Waals surface area contributed by atoms with Gasteiger partial charge in [0.25, 0.3) is 0 Å². The van der Waals surface area contributed by atoms with Crippen molar-refractivity contribution >= 4 is 17.5 Å². The predicted octanol–water partition coefficient (Wildman–Crippen LogP) is 2.97. The molecule has 0 saturated carbocycles. The Morgan fingerprint density at radius 1 is 1.50 bits per heavy atom. The summed E-state index contributed by atoms with van der Waals surface area (Å²) in [4.78, 5) is 13.9. The monoisotopic (exact) mass is 292 g/mol. The molecule has 1 atom stereocenters. The highest BCUT2D eigenvalue weighted by Crippen LogP contribution is 2.30. The van der Waals surface area contributed by atoms with Gasteiger partial charge in [0.05, 0.1) is 24.1 Å². The van der Waals surface area contributed by atoms with Gasteiger partial charge in [-0.3, -0.25) is 4.79 Å². The second kappa shape index (κ2) is 6.62. The normalized spacial score (nSPS) is 15.8. The van der Waals surface area contributed by atoms with Crippen molar-refractivity contribution in [2.24, 2.45) is 0 Å². The molecule has 0 radical (unpaired) electrons. The molecule has 1 amide bonds. The number of hydrogen-bond acceptors (Lipinski definition) is 3. The van der Waals surface area contributed by atoms with Gasteiger partial charge in [0.1, 0.15) is 5.75 Å². The zero-order chi connectivity index (χ0) is 14.5. The number of likely N-dealkylation sites (tertiary alicyclic amines) is 1. The minimum Gasteiger partial charge on any atom is -0.495 e. The molecule has 1 aliphatic heterocycles. The second-order valence-corrected chi connectivity index (χ2v) is 5.27. The van der Waals surface area contributed by atoms with E-state index < -0.39 is 5.92 Å². The Morgan fingerprint density at radius 2 is 2.20 bits per heavy atom. The Hall–Kier alpha value is -1.73. The van der Waals surface area contributed by atoms with Crippen LogP contribution in [0.15, 0.2) is 18.2 Å². The van der Waals surface area contributed by atoms with Gasteiger partial charge in [-0.15, -0.1) is 0 Å². The number of hydrogen-bond donors (Lipinski definition) is 0. The molecule has 5 heteroatoms. The average Bonchev–Trinajstić information content (AvgIpc) is 2.98. The molecule has 1 fully saturated rings. The number of ether oxygens (including phenoxy) is 1. The largest absolute Gasteiger partial charge is 0.495 e. The van der Waals surface area contributed by atoms with E-state index in [0.29, 0.717) is 10.8 Å². The van der Waals surface area contributed by atoms with Gasteiger partial charge < -0.3 is 9.64 Å². The number of halogens is 1. The number of rotatable bonds is 4. The molecule has 1 saturated heterocycles. The Kier molecular flexibility index (Phi) is 4.86. The molecule has 0 N–H and O–H groups in total. The number of amides is 1. The summed E-state index contributed by atoms with van der Waals surface area (Å²) in [6, 6.07) is 7.40. The fourth-order valence-corrected chi connectivity index (χ4v) is 2.67. The Bertz CT molecular complexity index is 533. The first-order chi connectivity index (χ1) is 9.65. The number of benzene rings is 1. The van der Waals surface area contributed by atoms with Crippen LogP contribution in [0.3, 0.4) is 0 Å². The van der Waals surface area contributed by atoms with E-state index in [1.165, 1.54) is 0 Å². The van der Waals surface area contributed by atoms with Crippen LogP contribution < -0.4 is 4.74 Å². The summed E-state index contributed by atoms with van der Waals surface area (Å²) < 4.78 is 5.09. The zero-order valence-electron chi connectivity index (χ0n) is 11.4. The summed E-state index contributed by atoms with van der Waals surface area (Å²) >= 11 is 6.06. The molecule has 1 aliphatic rings. The minimum absolute atomic E-state index is 0.0426. The highest BCUT2D eigenvalue weighted by molar-refractivity contribution is 6.32. The fourth-order valence-electron chi connectivity index (χ4n) is 2.41. The lowest BCUT2D eigenvalue weighted by Crippen LogP contribution is -2.28. The van der Waals surface area contributed by atoms with E-state index in [4.69, 9.17) is 16.3 Å². The maximum Gasteiger partial charge on any atom is 0.224 e. The standard InChI is InChI=1S/C15H17ClN2O2/c1-20-14-5-4-11(8-13(14)16)12(10-17)9-15(19)18-6-2-3-7-18/h4-5,8,12H,2-3,6-7,9H2,1H3. The van der Waals surface area contributed by atoms with Crippen LogP contribution in [-0.4, -0.2) is 31.0 Å². The van der Waals surface area contributed by atoms with Crippen molar-refractivity contribution in [2.45, 2.75) is 25.2 Å². The molecule has 20 heavy (non-hydrogen) atoms. The topological polar surface area (TPSA) is 53.3 Å². The molecular weight excluding hydrogens is 276 g/mol. The zero-order valence-corrected chi connectivity index (χ0v) is 12.2. The Labute approximate surface area is 123 Å². The predicted molar refractivity (Wildman–Crippen MR) is 76.8 cm³/mol. The quantitative estimate of drug-likeness (QED) is 0.857. The van der Waals surface area contributed by atoms with Crippen molar-refractivity contribution in [3.8, 4) is 11.8 Å². The summed E-state index contributed by atoms with van der Waals surface area (Å²) in [5.41, 5.74) is 0.755. The summed E-state index contributed by atoms with van der Waals surface area (Å²) in [5.74, 6) is 0.144. The van der Waals surface area contributed by atoms with Gasteiger partial charge in [0.2, 0.25) is 5.91 Å². The highest BCUT2D eigenvalue weighted by atomic mass is 35.5. The number of nitrogens with zero attached hydrogens (tertiary/aromatic N) is 2. The summed E-state index contributed by atoms with van der Waals surface area (Å²) in [5, 5.41) is 9.75. The van der Waals surface area contributed by atoms with Gasteiger partial charge in [-0.2, -0.15) is 5.26 Å². The van der Waals surface area contributed by atoms with E-state index in [2.05, 4.69) is 6.07 Å². The number of carbonyl (C=O) groups is 1. The van der Waals surface area contributed by atoms with Crippen LogP contribution in [0.2, 0.25) is 5.02 Å². The fraction of sp³-hybridized carbons (Fsp3) is 0.467. The molecule has 106 valence electrons. The average molecular weight is 293 g/mol. The van der Waals surface area contributed by atoms with E-state index in [-0.39, 0.29) is 12.3 Å². The van der Waals surface area contributed by atoms with Crippen molar-refractivity contribution in [3.63, 3.8) is 0 Å². The van der Waals surface area contributed by atoms with Crippen molar-refractivity contribution in [3.05, 3.63) is 28.8 Å². The van der Waals surface area contributed by atoms with Crippen LogP contribution >= 0.6 is 11.6 Å². The highest BCUT2D eigenvalue weighted by Gasteiger charge is 2.23. The molecule has 0 spiro atoms. The van der Waals surface area contributed by atoms with Gasteiger partial charge >= 0.3 is 0 Å². The molecule has 0 bridgehead atoms. The van der Waals surface area contributed by atoms with E-state index in [1.807, 2.05) is 4.90 Å². The third-order valence-corrected chi connectivity index (χ3v) is 3.87. The van der Waals surface area contributed by atoms with Crippen molar-refractivity contribution in [1.82, 2.24) is 4.90 Å². The van der Waals surface area contributed by atoms with Gasteiger partial charge in [0.15, 0.2) is 0 Å². The number of nitriles is 1. The first-order valence-corrected chi connectivity index (χ1v) is 7.04. The third-order valence-electron chi connectivity index (χ3n) is 3.57. The van der Waals surface area contributed by atoms with Crippen molar-refractivity contribution in [1.29, 1.82) is 5.26 Å². The number of methoxy groups -OCH3 is 1. The van der Waals surface area contributed by atoms with Crippen LogP contribution in [0.1, 0.15) is 30.7 Å². The van der Waals surface area contributed by atoms with E-state index >= 15 is 0 Å². The molecule has 1 aromatic carbocycles. The second-order valence-electron chi connectivity index (χ2n) is 4.87. The molecule has 1 aromatic rings. The molecule has 1 unspecified atom stereocenters. The summed E-state index contributed by atoms with van der Waals surface area (Å²) in [6.07, 6.45) is 2.31. The van der Waals surface area contributed by atoms with Crippen LogP contribution in [-0.2, 0) is 4.79 Å². The Balaban J connectivity index is 2.10. The summed E-state index contributed by atoms with van der Waals surface area (Å²) in [7, 11) is 1.54. The van der Waals surface area contributed by atoms with Crippen molar-refractivity contribution in [2.75, 3.05) is 20.2 Å².